The summed E-state index contributed by atoms with van der Waals surface area (Å²) in [5.41, 5.74) is 1.69. The molecule has 4 heterocycles. The molecule has 2 atom stereocenters. The highest BCUT2D eigenvalue weighted by Crippen LogP contribution is 2.44. The van der Waals surface area contributed by atoms with E-state index in [2.05, 4.69) is 20.4 Å². The van der Waals surface area contributed by atoms with E-state index in [-0.39, 0.29) is 23.8 Å². The van der Waals surface area contributed by atoms with Gasteiger partial charge in [0.2, 0.25) is 0 Å². The van der Waals surface area contributed by atoms with Crippen molar-refractivity contribution >= 4 is 5.82 Å². The number of alkyl halides is 3. The van der Waals surface area contributed by atoms with Gasteiger partial charge in [-0.15, -0.1) is 0 Å². The van der Waals surface area contributed by atoms with E-state index in [1.54, 1.807) is 4.68 Å². The zero-order valence-electron chi connectivity index (χ0n) is 18.1. The second-order valence-electron chi connectivity index (χ2n) is 9.83. The molecule has 0 aromatic carbocycles. The maximum atomic E-state index is 13.8. The standard InChI is InChI=1S/C21H31F3N6/c1-20(2,3)17-10-18(21(22,23)24)30-19(26-17)9-16(27-30)15-5-7-29(8-6-15)13-14-11-25-28(4)12-14/h9,11-12,15,17-18,26H,5-8,10,13H2,1-4H3/t17-,18+/m0/s1. The first-order valence-electron chi connectivity index (χ1n) is 10.6. The average molecular weight is 425 g/mol. The van der Waals surface area contributed by atoms with Crippen molar-refractivity contribution in [3.63, 3.8) is 0 Å². The Morgan fingerprint density at radius 1 is 1.17 bits per heavy atom. The third-order valence-electron chi connectivity index (χ3n) is 6.42. The molecule has 2 aliphatic heterocycles. The van der Waals surface area contributed by atoms with Crippen molar-refractivity contribution in [1.29, 1.82) is 0 Å². The van der Waals surface area contributed by atoms with Gasteiger partial charge in [0, 0.05) is 43.4 Å². The van der Waals surface area contributed by atoms with Crippen molar-refractivity contribution in [3.05, 3.63) is 29.7 Å². The molecular formula is C21H31F3N6. The normalized spacial score (nSPS) is 24.0. The van der Waals surface area contributed by atoms with Gasteiger partial charge in [-0.3, -0.25) is 9.58 Å². The van der Waals surface area contributed by atoms with Crippen LogP contribution in [0.3, 0.4) is 0 Å². The number of fused-ring (bicyclic) bond motifs is 1. The Bertz CT molecular complexity index is 870. The number of likely N-dealkylation sites (tertiary alicyclic amines) is 1. The van der Waals surface area contributed by atoms with E-state index in [1.807, 2.05) is 46.3 Å². The minimum atomic E-state index is -4.31. The van der Waals surface area contributed by atoms with E-state index in [1.165, 1.54) is 10.2 Å². The monoisotopic (exact) mass is 424 g/mol. The Morgan fingerprint density at radius 3 is 2.43 bits per heavy atom. The molecule has 4 rings (SSSR count). The summed E-state index contributed by atoms with van der Waals surface area (Å²) in [6, 6.07) is 0.0258. The van der Waals surface area contributed by atoms with Crippen LogP contribution >= 0.6 is 0 Å². The van der Waals surface area contributed by atoms with Crippen LogP contribution in [0.5, 0.6) is 0 Å². The largest absolute Gasteiger partial charge is 0.410 e. The van der Waals surface area contributed by atoms with Crippen molar-refractivity contribution in [1.82, 2.24) is 24.5 Å². The van der Waals surface area contributed by atoms with Crippen LogP contribution < -0.4 is 5.32 Å². The molecule has 0 aliphatic carbocycles. The van der Waals surface area contributed by atoms with Gasteiger partial charge in [-0.05, 0) is 37.8 Å². The molecule has 2 aromatic heterocycles. The SMILES string of the molecule is Cn1cc(CN2CCC(c3cc4n(n3)[C@@H](C(F)(F)F)C[C@@H](C(C)(C)C)N4)CC2)cn1. The highest BCUT2D eigenvalue weighted by atomic mass is 19.4. The summed E-state index contributed by atoms with van der Waals surface area (Å²) in [7, 11) is 1.91. The molecule has 0 radical (unpaired) electrons. The fourth-order valence-corrected chi connectivity index (χ4v) is 4.56. The van der Waals surface area contributed by atoms with Crippen LogP contribution in [0.1, 0.15) is 63.3 Å². The number of aromatic nitrogens is 4. The van der Waals surface area contributed by atoms with Crippen LogP contribution in [-0.4, -0.2) is 49.8 Å². The predicted molar refractivity (Wildman–Crippen MR) is 109 cm³/mol. The minimum Gasteiger partial charge on any atom is -0.367 e. The van der Waals surface area contributed by atoms with Crippen LogP contribution in [-0.2, 0) is 13.6 Å². The van der Waals surface area contributed by atoms with Gasteiger partial charge in [0.15, 0.2) is 6.04 Å². The lowest BCUT2D eigenvalue weighted by atomic mass is 9.82. The van der Waals surface area contributed by atoms with Gasteiger partial charge in [-0.25, -0.2) is 4.68 Å². The van der Waals surface area contributed by atoms with Crippen molar-refractivity contribution in [3.8, 4) is 0 Å². The lowest BCUT2D eigenvalue weighted by Gasteiger charge is -2.39. The van der Waals surface area contributed by atoms with E-state index in [0.717, 1.165) is 38.2 Å². The third kappa shape index (κ3) is 4.36. The molecule has 0 bridgehead atoms. The summed E-state index contributed by atoms with van der Waals surface area (Å²) in [6.45, 7) is 8.59. The molecule has 9 heteroatoms. The Morgan fingerprint density at radius 2 is 1.87 bits per heavy atom. The molecule has 6 nitrogen and oxygen atoms in total. The quantitative estimate of drug-likeness (QED) is 0.797. The Labute approximate surface area is 175 Å². The minimum absolute atomic E-state index is 0.00464. The van der Waals surface area contributed by atoms with Gasteiger partial charge in [-0.1, -0.05) is 20.8 Å². The number of rotatable bonds is 3. The second kappa shape index (κ2) is 7.59. The van der Waals surface area contributed by atoms with E-state index in [9.17, 15) is 13.2 Å². The van der Waals surface area contributed by atoms with E-state index in [4.69, 9.17) is 0 Å². The molecule has 1 fully saturated rings. The van der Waals surface area contributed by atoms with Gasteiger partial charge < -0.3 is 5.32 Å². The van der Waals surface area contributed by atoms with Crippen molar-refractivity contribution in [2.24, 2.45) is 12.5 Å². The Balaban J connectivity index is 1.47. The van der Waals surface area contributed by atoms with Gasteiger partial charge in [0.1, 0.15) is 5.82 Å². The fraction of sp³-hybridized carbons (Fsp3) is 0.714. The average Bonchev–Trinajstić information content (AvgIpc) is 3.25. The first kappa shape index (κ1) is 21.2. The number of piperidine rings is 1. The number of nitrogens with zero attached hydrogens (tertiary/aromatic N) is 5. The molecule has 0 saturated carbocycles. The van der Waals surface area contributed by atoms with Crippen LogP contribution in [0.4, 0.5) is 19.0 Å². The molecule has 30 heavy (non-hydrogen) atoms. The molecule has 0 amide bonds. The van der Waals surface area contributed by atoms with E-state index < -0.39 is 12.2 Å². The number of hydrogen-bond donors (Lipinski definition) is 1. The van der Waals surface area contributed by atoms with Crippen molar-refractivity contribution in [2.75, 3.05) is 18.4 Å². The Hall–Kier alpha value is -2.03. The van der Waals surface area contributed by atoms with Crippen LogP contribution in [0.2, 0.25) is 0 Å². The highest BCUT2D eigenvalue weighted by molar-refractivity contribution is 5.42. The molecular weight excluding hydrogens is 393 g/mol. The van der Waals surface area contributed by atoms with Gasteiger partial charge in [0.05, 0.1) is 11.9 Å². The molecule has 0 unspecified atom stereocenters. The van der Waals surface area contributed by atoms with Crippen molar-refractivity contribution in [2.45, 2.75) is 70.8 Å². The summed E-state index contributed by atoms with van der Waals surface area (Å²) in [5, 5.41) is 12.0. The zero-order valence-corrected chi connectivity index (χ0v) is 18.1. The molecule has 166 valence electrons. The van der Waals surface area contributed by atoms with Gasteiger partial charge in [-0.2, -0.15) is 23.4 Å². The topological polar surface area (TPSA) is 50.9 Å². The Kier molecular flexibility index (Phi) is 5.36. The predicted octanol–water partition coefficient (Wildman–Crippen LogP) is 4.33. The summed E-state index contributed by atoms with van der Waals surface area (Å²) < 4.78 is 44.4. The van der Waals surface area contributed by atoms with E-state index in [0.29, 0.717) is 5.82 Å². The third-order valence-corrected chi connectivity index (χ3v) is 6.42. The maximum Gasteiger partial charge on any atom is 0.410 e. The van der Waals surface area contributed by atoms with Crippen molar-refractivity contribution < 1.29 is 13.2 Å². The molecule has 0 spiro atoms. The number of hydrogen-bond acceptors (Lipinski definition) is 4. The number of halogens is 3. The number of anilines is 1. The summed E-state index contributed by atoms with van der Waals surface area (Å²) in [4.78, 5) is 2.37. The summed E-state index contributed by atoms with van der Waals surface area (Å²) in [6.07, 6.45) is 1.39. The summed E-state index contributed by atoms with van der Waals surface area (Å²) in [5.74, 6) is 0.688. The van der Waals surface area contributed by atoms with E-state index >= 15 is 0 Å². The van der Waals surface area contributed by atoms with Crippen LogP contribution in [0.15, 0.2) is 18.5 Å². The van der Waals surface area contributed by atoms with Gasteiger partial charge in [0.25, 0.3) is 0 Å². The molecule has 1 N–H and O–H groups in total. The fourth-order valence-electron chi connectivity index (χ4n) is 4.56. The number of nitrogens with one attached hydrogen (secondary N) is 1. The van der Waals surface area contributed by atoms with Crippen LogP contribution in [0.25, 0.3) is 0 Å². The van der Waals surface area contributed by atoms with Crippen LogP contribution in [0, 0.1) is 5.41 Å². The molecule has 2 aromatic rings. The first-order valence-corrected chi connectivity index (χ1v) is 10.6. The zero-order chi connectivity index (χ0) is 21.7. The molecule has 1 saturated heterocycles. The molecule has 2 aliphatic rings. The highest BCUT2D eigenvalue weighted by Gasteiger charge is 2.48. The summed E-state index contributed by atoms with van der Waals surface area (Å²) >= 11 is 0. The number of aryl methyl sites for hydroxylation is 1. The first-order chi connectivity index (χ1) is 14.0. The smallest absolute Gasteiger partial charge is 0.367 e. The lowest BCUT2D eigenvalue weighted by Crippen LogP contribution is -2.44. The second-order valence-corrected chi connectivity index (χ2v) is 9.83. The van der Waals surface area contributed by atoms with Gasteiger partial charge >= 0.3 is 6.18 Å². The maximum absolute atomic E-state index is 13.8. The lowest BCUT2D eigenvalue weighted by molar-refractivity contribution is -0.175.